The van der Waals surface area contributed by atoms with Gasteiger partial charge in [-0.3, -0.25) is 4.79 Å². The molecule has 3 N–H and O–H groups in total. The number of piperidine rings is 1. The van der Waals surface area contributed by atoms with E-state index in [9.17, 15) is 4.79 Å². The summed E-state index contributed by atoms with van der Waals surface area (Å²) in [6.45, 7) is 6.46. The highest BCUT2D eigenvalue weighted by Gasteiger charge is 2.29. The van der Waals surface area contributed by atoms with Gasteiger partial charge in [-0.25, -0.2) is 0 Å². The molecule has 1 heterocycles. The Labute approximate surface area is 111 Å². The van der Waals surface area contributed by atoms with Crippen LogP contribution in [0.4, 0.5) is 0 Å². The topological polar surface area (TPSA) is 58.4 Å². The van der Waals surface area contributed by atoms with Crippen LogP contribution in [-0.2, 0) is 4.79 Å². The molecule has 1 aliphatic rings. The predicted octanol–water partition coefficient (Wildman–Crippen LogP) is 1.49. The van der Waals surface area contributed by atoms with E-state index in [0.717, 1.165) is 25.4 Å². The summed E-state index contributed by atoms with van der Waals surface area (Å²) in [6.07, 6.45) is 7.08. The number of hydrogen-bond acceptors (Lipinski definition) is 3. The van der Waals surface area contributed by atoms with Gasteiger partial charge in [-0.15, -0.1) is 0 Å². The van der Waals surface area contributed by atoms with Gasteiger partial charge in [0.25, 0.3) is 0 Å². The second-order valence-electron chi connectivity index (χ2n) is 5.64. The number of carbonyl (C=O) groups is 1. The third-order valence-corrected chi connectivity index (χ3v) is 4.44. The minimum absolute atomic E-state index is 0.254. The summed E-state index contributed by atoms with van der Waals surface area (Å²) < 4.78 is 0. The van der Waals surface area contributed by atoms with Gasteiger partial charge in [-0.05, 0) is 59.2 Å². The van der Waals surface area contributed by atoms with Crippen molar-refractivity contribution in [2.24, 2.45) is 5.73 Å². The molecule has 1 amide bonds. The summed E-state index contributed by atoms with van der Waals surface area (Å²) in [6, 6.07) is 0.744. The van der Waals surface area contributed by atoms with Crippen molar-refractivity contribution in [1.29, 1.82) is 0 Å². The lowest BCUT2D eigenvalue weighted by Gasteiger charge is -2.36. The molecule has 1 saturated heterocycles. The smallest absolute Gasteiger partial charge is 0.237 e. The summed E-state index contributed by atoms with van der Waals surface area (Å²) in [7, 11) is 1.81. The largest absolute Gasteiger partial charge is 0.368 e. The number of likely N-dealkylation sites (N-methyl/N-ethyl adjacent to an activating group) is 1. The number of nitrogens with one attached hydrogen (secondary N) is 1. The number of hydrogen-bond donors (Lipinski definition) is 2. The molecular formula is C14H29N3O. The van der Waals surface area contributed by atoms with Gasteiger partial charge in [0.05, 0.1) is 5.54 Å². The first-order valence-electron chi connectivity index (χ1n) is 7.26. The SMILES string of the molecule is CCC1CCCCN1CCCC(C)(NC)C(N)=O. The summed E-state index contributed by atoms with van der Waals surface area (Å²) in [5, 5.41) is 3.05. The number of carbonyl (C=O) groups excluding carboxylic acids is 1. The minimum atomic E-state index is -0.558. The van der Waals surface area contributed by atoms with Crippen molar-refractivity contribution < 1.29 is 4.79 Å². The van der Waals surface area contributed by atoms with Crippen LogP contribution in [0.15, 0.2) is 0 Å². The average Bonchev–Trinajstić information content (AvgIpc) is 2.38. The first kappa shape index (κ1) is 15.4. The zero-order chi connectivity index (χ0) is 13.6. The van der Waals surface area contributed by atoms with Crippen molar-refractivity contribution in [2.45, 2.75) is 64.0 Å². The van der Waals surface area contributed by atoms with Gasteiger partial charge < -0.3 is 16.0 Å². The van der Waals surface area contributed by atoms with Crippen LogP contribution in [0.3, 0.4) is 0 Å². The zero-order valence-corrected chi connectivity index (χ0v) is 12.2. The molecule has 0 aromatic carbocycles. The molecule has 1 rings (SSSR count). The predicted molar refractivity (Wildman–Crippen MR) is 75.4 cm³/mol. The summed E-state index contributed by atoms with van der Waals surface area (Å²) in [5.74, 6) is -0.254. The Kier molecular flexibility index (Phi) is 6.09. The van der Waals surface area contributed by atoms with E-state index in [1.165, 1.54) is 32.2 Å². The monoisotopic (exact) mass is 255 g/mol. The standard InChI is InChI=1S/C14H29N3O/c1-4-12-8-5-6-10-17(12)11-7-9-14(2,16-3)13(15)18/h12,16H,4-11H2,1-3H3,(H2,15,18). The Balaban J connectivity index is 2.38. The number of amides is 1. The quantitative estimate of drug-likeness (QED) is 0.725. The molecule has 18 heavy (non-hydrogen) atoms. The van der Waals surface area contributed by atoms with Crippen molar-refractivity contribution in [1.82, 2.24) is 10.2 Å². The van der Waals surface area contributed by atoms with Crippen LogP contribution in [0.25, 0.3) is 0 Å². The normalized spacial score (nSPS) is 24.7. The highest BCUT2D eigenvalue weighted by molar-refractivity contribution is 5.84. The van der Waals surface area contributed by atoms with E-state index in [4.69, 9.17) is 5.73 Å². The van der Waals surface area contributed by atoms with Crippen LogP contribution in [0.2, 0.25) is 0 Å². The van der Waals surface area contributed by atoms with E-state index < -0.39 is 5.54 Å². The molecule has 0 aromatic rings. The molecule has 4 heteroatoms. The Hall–Kier alpha value is -0.610. The van der Waals surface area contributed by atoms with Gasteiger partial charge in [-0.1, -0.05) is 13.3 Å². The number of nitrogens with two attached hydrogens (primary N) is 1. The van der Waals surface area contributed by atoms with E-state index in [2.05, 4.69) is 17.1 Å². The maximum Gasteiger partial charge on any atom is 0.237 e. The fraction of sp³-hybridized carbons (Fsp3) is 0.929. The van der Waals surface area contributed by atoms with Gasteiger partial charge in [0, 0.05) is 6.04 Å². The van der Waals surface area contributed by atoms with Crippen molar-refractivity contribution >= 4 is 5.91 Å². The zero-order valence-electron chi connectivity index (χ0n) is 12.2. The maximum atomic E-state index is 11.4. The molecule has 2 atom stereocenters. The third-order valence-electron chi connectivity index (χ3n) is 4.44. The molecule has 0 aromatic heterocycles. The Bertz CT molecular complexity index is 270. The molecule has 0 bridgehead atoms. The van der Waals surface area contributed by atoms with Crippen LogP contribution in [-0.4, -0.2) is 42.5 Å². The fourth-order valence-corrected chi connectivity index (χ4v) is 2.82. The molecule has 0 saturated carbocycles. The first-order valence-corrected chi connectivity index (χ1v) is 7.26. The van der Waals surface area contributed by atoms with E-state index in [1.54, 1.807) is 7.05 Å². The summed E-state index contributed by atoms with van der Waals surface area (Å²) in [4.78, 5) is 14.0. The van der Waals surface area contributed by atoms with Crippen molar-refractivity contribution in [2.75, 3.05) is 20.1 Å². The third kappa shape index (κ3) is 3.95. The molecular weight excluding hydrogens is 226 g/mol. The highest BCUT2D eigenvalue weighted by Crippen LogP contribution is 2.21. The fourth-order valence-electron chi connectivity index (χ4n) is 2.82. The van der Waals surface area contributed by atoms with E-state index in [0.29, 0.717) is 0 Å². The van der Waals surface area contributed by atoms with E-state index in [1.807, 2.05) is 6.92 Å². The number of likely N-dealkylation sites (tertiary alicyclic amines) is 1. The summed E-state index contributed by atoms with van der Waals surface area (Å²) >= 11 is 0. The molecule has 1 aliphatic heterocycles. The lowest BCUT2D eigenvalue weighted by molar-refractivity contribution is -0.123. The Morgan fingerprint density at radius 1 is 1.50 bits per heavy atom. The van der Waals surface area contributed by atoms with E-state index in [-0.39, 0.29) is 5.91 Å². The lowest BCUT2D eigenvalue weighted by atomic mass is 9.94. The van der Waals surface area contributed by atoms with Crippen LogP contribution in [0, 0.1) is 0 Å². The minimum Gasteiger partial charge on any atom is -0.368 e. The molecule has 106 valence electrons. The van der Waals surface area contributed by atoms with Crippen LogP contribution in [0.5, 0.6) is 0 Å². The van der Waals surface area contributed by atoms with E-state index >= 15 is 0 Å². The van der Waals surface area contributed by atoms with Gasteiger partial charge in [0.2, 0.25) is 5.91 Å². The molecule has 4 nitrogen and oxygen atoms in total. The van der Waals surface area contributed by atoms with Gasteiger partial charge in [0.15, 0.2) is 0 Å². The average molecular weight is 255 g/mol. The molecule has 1 fully saturated rings. The van der Waals surface area contributed by atoms with Crippen molar-refractivity contribution in [3.63, 3.8) is 0 Å². The van der Waals surface area contributed by atoms with Crippen LogP contribution in [0.1, 0.15) is 52.4 Å². The first-order chi connectivity index (χ1) is 8.53. The van der Waals surface area contributed by atoms with Gasteiger partial charge >= 0.3 is 0 Å². The Morgan fingerprint density at radius 3 is 2.78 bits per heavy atom. The maximum absolute atomic E-state index is 11.4. The summed E-state index contributed by atoms with van der Waals surface area (Å²) in [5.41, 5.74) is 4.88. The van der Waals surface area contributed by atoms with Crippen LogP contribution >= 0.6 is 0 Å². The Morgan fingerprint density at radius 2 is 2.22 bits per heavy atom. The van der Waals surface area contributed by atoms with Gasteiger partial charge in [0.1, 0.15) is 0 Å². The second kappa shape index (κ2) is 7.10. The lowest BCUT2D eigenvalue weighted by Crippen LogP contribution is -2.52. The number of rotatable bonds is 7. The van der Waals surface area contributed by atoms with Crippen molar-refractivity contribution in [3.8, 4) is 0 Å². The molecule has 0 radical (unpaired) electrons. The van der Waals surface area contributed by atoms with Crippen LogP contribution < -0.4 is 11.1 Å². The van der Waals surface area contributed by atoms with Crippen molar-refractivity contribution in [3.05, 3.63) is 0 Å². The number of nitrogens with zero attached hydrogens (tertiary/aromatic N) is 1. The molecule has 0 spiro atoms. The highest BCUT2D eigenvalue weighted by atomic mass is 16.1. The molecule has 2 unspecified atom stereocenters. The second-order valence-corrected chi connectivity index (χ2v) is 5.64. The number of primary amides is 1. The molecule has 0 aliphatic carbocycles. The van der Waals surface area contributed by atoms with Gasteiger partial charge in [-0.2, -0.15) is 0 Å².